The van der Waals surface area contributed by atoms with Gasteiger partial charge in [-0.05, 0) is 48.2 Å². The maximum Gasteiger partial charge on any atom is 0.255 e. The predicted octanol–water partition coefficient (Wildman–Crippen LogP) is 3.18. The van der Waals surface area contributed by atoms with E-state index in [-0.39, 0.29) is 22.7 Å². The summed E-state index contributed by atoms with van der Waals surface area (Å²) in [6, 6.07) is 11.4. The molecule has 2 aliphatic heterocycles. The van der Waals surface area contributed by atoms with Crippen LogP contribution in [-0.4, -0.2) is 56.7 Å². The minimum Gasteiger partial charge on any atom is -0.493 e. The van der Waals surface area contributed by atoms with Crippen molar-refractivity contribution in [3.63, 3.8) is 0 Å². The van der Waals surface area contributed by atoms with E-state index in [4.69, 9.17) is 9.47 Å². The highest BCUT2D eigenvalue weighted by atomic mass is 32.2. The third-order valence-corrected chi connectivity index (χ3v) is 8.93. The van der Waals surface area contributed by atoms with E-state index in [9.17, 15) is 13.2 Å². The van der Waals surface area contributed by atoms with Gasteiger partial charge in [-0.1, -0.05) is 12.1 Å². The quantitative estimate of drug-likeness (QED) is 0.701. The zero-order valence-corrected chi connectivity index (χ0v) is 18.7. The molecule has 2 heterocycles. The summed E-state index contributed by atoms with van der Waals surface area (Å²) in [4.78, 5) is 16.0. The standard InChI is InChI=1S/C22H25NO5S2/c1-27-19-11-15-7-9-23(13-16(15)12-20(19)28-2)22(24)18-5-3-4-6-21(18)29-17-8-10-30(25,26)14-17/h3-6,11-12,17H,7-10,13-14H2,1-2H3/t17-/m1/s1. The van der Waals surface area contributed by atoms with Crippen molar-refractivity contribution < 1.29 is 22.7 Å². The average molecular weight is 448 g/mol. The molecular weight excluding hydrogens is 422 g/mol. The van der Waals surface area contributed by atoms with E-state index in [1.165, 1.54) is 11.8 Å². The lowest BCUT2D eigenvalue weighted by atomic mass is 9.98. The van der Waals surface area contributed by atoms with Crippen LogP contribution in [0.3, 0.4) is 0 Å². The van der Waals surface area contributed by atoms with Crippen LogP contribution in [0, 0.1) is 0 Å². The number of carbonyl (C=O) groups is 1. The van der Waals surface area contributed by atoms with Crippen LogP contribution in [-0.2, 0) is 22.8 Å². The summed E-state index contributed by atoms with van der Waals surface area (Å²) in [6.45, 7) is 1.13. The fourth-order valence-electron chi connectivity index (χ4n) is 4.01. The summed E-state index contributed by atoms with van der Waals surface area (Å²) in [7, 11) is 0.269. The van der Waals surface area contributed by atoms with Crippen LogP contribution in [0.2, 0.25) is 0 Å². The molecule has 1 fully saturated rings. The minimum absolute atomic E-state index is 0.00255. The number of sulfone groups is 1. The number of hydrogen-bond acceptors (Lipinski definition) is 6. The number of rotatable bonds is 5. The normalized spacial score (nSPS) is 19.9. The summed E-state index contributed by atoms with van der Waals surface area (Å²) >= 11 is 1.51. The fraction of sp³-hybridized carbons (Fsp3) is 0.409. The number of ether oxygens (including phenoxy) is 2. The monoisotopic (exact) mass is 447 g/mol. The van der Waals surface area contributed by atoms with Crippen LogP contribution in [0.15, 0.2) is 41.3 Å². The maximum absolute atomic E-state index is 13.3. The Morgan fingerprint density at radius 1 is 1.10 bits per heavy atom. The molecule has 1 amide bonds. The molecule has 1 atom stereocenters. The Kier molecular flexibility index (Phi) is 5.97. The molecule has 0 spiro atoms. The third kappa shape index (κ3) is 4.30. The molecule has 0 aliphatic carbocycles. The SMILES string of the molecule is COc1cc2c(cc1OC)CN(C(=O)c1ccccc1S[C@@H]1CCS(=O)(=O)C1)CC2. The first-order valence-electron chi connectivity index (χ1n) is 9.89. The summed E-state index contributed by atoms with van der Waals surface area (Å²) < 4.78 is 34.4. The molecule has 2 aromatic carbocycles. The molecule has 0 N–H and O–H groups in total. The number of thioether (sulfide) groups is 1. The van der Waals surface area contributed by atoms with Gasteiger partial charge in [0.1, 0.15) is 0 Å². The molecular formula is C22H25NO5S2. The van der Waals surface area contributed by atoms with Gasteiger partial charge in [-0.25, -0.2) is 8.42 Å². The van der Waals surface area contributed by atoms with Gasteiger partial charge in [0.15, 0.2) is 21.3 Å². The summed E-state index contributed by atoms with van der Waals surface area (Å²) in [5, 5.41) is 0.00255. The van der Waals surface area contributed by atoms with Crippen LogP contribution in [0.25, 0.3) is 0 Å². The molecule has 1 saturated heterocycles. The molecule has 4 rings (SSSR count). The average Bonchev–Trinajstić information content (AvgIpc) is 3.10. The van der Waals surface area contributed by atoms with Gasteiger partial charge in [0, 0.05) is 23.2 Å². The van der Waals surface area contributed by atoms with E-state index >= 15 is 0 Å². The van der Waals surface area contributed by atoms with Crippen molar-refractivity contribution >= 4 is 27.5 Å². The predicted molar refractivity (Wildman–Crippen MR) is 117 cm³/mol. The molecule has 0 aromatic heterocycles. The second-order valence-corrected chi connectivity index (χ2v) is 11.2. The van der Waals surface area contributed by atoms with Gasteiger partial charge >= 0.3 is 0 Å². The Bertz CT molecular complexity index is 1070. The number of hydrogen-bond donors (Lipinski definition) is 0. The van der Waals surface area contributed by atoms with E-state index in [1.807, 2.05) is 41.3 Å². The van der Waals surface area contributed by atoms with E-state index in [2.05, 4.69) is 0 Å². The molecule has 0 bridgehead atoms. The lowest BCUT2D eigenvalue weighted by Gasteiger charge is -2.30. The Labute approximate surface area is 181 Å². The van der Waals surface area contributed by atoms with E-state index in [0.29, 0.717) is 36.6 Å². The molecule has 0 saturated carbocycles. The van der Waals surface area contributed by atoms with Crippen molar-refractivity contribution in [3.8, 4) is 11.5 Å². The number of carbonyl (C=O) groups excluding carboxylic acids is 1. The van der Waals surface area contributed by atoms with Crippen molar-refractivity contribution in [1.29, 1.82) is 0 Å². The van der Waals surface area contributed by atoms with Gasteiger partial charge < -0.3 is 14.4 Å². The topological polar surface area (TPSA) is 72.9 Å². The number of fused-ring (bicyclic) bond motifs is 1. The minimum atomic E-state index is -2.95. The van der Waals surface area contributed by atoms with Crippen molar-refractivity contribution in [1.82, 2.24) is 4.90 Å². The number of methoxy groups -OCH3 is 2. The maximum atomic E-state index is 13.3. The molecule has 0 unspecified atom stereocenters. The third-order valence-electron chi connectivity index (χ3n) is 5.61. The van der Waals surface area contributed by atoms with Crippen molar-refractivity contribution in [3.05, 3.63) is 53.1 Å². The van der Waals surface area contributed by atoms with Gasteiger partial charge in [-0.2, -0.15) is 0 Å². The highest BCUT2D eigenvalue weighted by Gasteiger charge is 2.30. The first-order valence-corrected chi connectivity index (χ1v) is 12.6. The number of amides is 1. The van der Waals surface area contributed by atoms with Gasteiger partial charge in [0.2, 0.25) is 0 Å². The summed E-state index contributed by atoms with van der Waals surface area (Å²) in [5.74, 6) is 1.74. The highest BCUT2D eigenvalue weighted by molar-refractivity contribution is 8.02. The second kappa shape index (κ2) is 8.51. The first-order chi connectivity index (χ1) is 14.4. The van der Waals surface area contributed by atoms with Crippen LogP contribution in [0.4, 0.5) is 0 Å². The van der Waals surface area contributed by atoms with E-state index in [0.717, 1.165) is 22.4 Å². The lowest BCUT2D eigenvalue weighted by Crippen LogP contribution is -2.36. The zero-order valence-electron chi connectivity index (χ0n) is 17.1. The van der Waals surface area contributed by atoms with Gasteiger partial charge in [0.05, 0.1) is 31.3 Å². The van der Waals surface area contributed by atoms with Crippen molar-refractivity contribution in [2.45, 2.75) is 29.5 Å². The Morgan fingerprint density at radius 2 is 1.80 bits per heavy atom. The Hall–Kier alpha value is -2.19. The Morgan fingerprint density at radius 3 is 2.47 bits per heavy atom. The lowest BCUT2D eigenvalue weighted by molar-refractivity contribution is 0.0731. The van der Waals surface area contributed by atoms with Gasteiger partial charge in [-0.15, -0.1) is 11.8 Å². The van der Waals surface area contributed by atoms with Gasteiger partial charge in [0.25, 0.3) is 5.91 Å². The molecule has 30 heavy (non-hydrogen) atoms. The molecule has 2 aromatic rings. The number of benzene rings is 2. The van der Waals surface area contributed by atoms with Crippen LogP contribution < -0.4 is 9.47 Å². The summed E-state index contributed by atoms with van der Waals surface area (Å²) in [5.41, 5.74) is 2.85. The first kappa shape index (κ1) is 21.1. The van der Waals surface area contributed by atoms with Crippen molar-refractivity contribution in [2.24, 2.45) is 0 Å². The molecule has 2 aliphatic rings. The second-order valence-electron chi connectivity index (χ2n) is 7.59. The Balaban J connectivity index is 1.55. The summed E-state index contributed by atoms with van der Waals surface area (Å²) in [6.07, 6.45) is 1.38. The molecule has 6 nitrogen and oxygen atoms in total. The van der Waals surface area contributed by atoms with Gasteiger partial charge in [-0.3, -0.25) is 4.79 Å². The highest BCUT2D eigenvalue weighted by Crippen LogP contribution is 2.36. The van der Waals surface area contributed by atoms with Crippen LogP contribution >= 0.6 is 11.8 Å². The van der Waals surface area contributed by atoms with Crippen LogP contribution in [0.5, 0.6) is 11.5 Å². The molecule has 0 radical (unpaired) electrons. The van der Waals surface area contributed by atoms with E-state index in [1.54, 1.807) is 14.2 Å². The molecule has 160 valence electrons. The molecule has 8 heteroatoms. The van der Waals surface area contributed by atoms with Crippen molar-refractivity contribution in [2.75, 3.05) is 32.3 Å². The van der Waals surface area contributed by atoms with Crippen LogP contribution in [0.1, 0.15) is 27.9 Å². The zero-order chi connectivity index (χ0) is 21.3. The largest absolute Gasteiger partial charge is 0.493 e. The fourth-order valence-corrected chi connectivity index (χ4v) is 7.63. The number of nitrogens with zero attached hydrogens (tertiary/aromatic N) is 1. The smallest absolute Gasteiger partial charge is 0.255 e. The van der Waals surface area contributed by atoms with E-state index < -0.39 is 9.84 Å².